The van der Waals surface area contributed by atoms with Crippen molar-refractivity contribution in [2.24, 2.45) is 5.41 Å². The van der Waals surface area contributed by atoms with E-state index in [1.165, 1.54) is 12.0 Å². The first kappa shape index (κ1) is 13.2. The topological polar surface area (TPSA) is 0 Å². The maximum Gasteiger partial charge on any atom is -0.0109 e. The third-order valence-electron chi connectivity index (χ3n) is 2.45. The van der Waals surface area contributed by atoms with Gasteiger partial charge in [-0.25, -0.2) is 0 Å². The highest BCUT2D eigenvalue weighted by molar-refractivity contribution is 5.01. The highest BCUT2D eigenvalue weighted by Crippen LogP contribution is 2.30. The van der Waals surface area contributed by atoms with Gasteiger partial charge >= 0.3 is 0 Å². The van der Waals surface area contributed by atoms with Gasteiger partial charge in [0.15, 0.2) is 0 Å². The minimum absolute atomic E-state index is 0.294. The molecule has 0 aliphatic rings. The third-order valence-corrected chi connectivity index (χ3v) is 2.45. The van der Waals surface area contributed by atoms with Gasteiger partial charge in [-0.3, -0.25) is 0 Å². The van der Waals surface area contributed by atoms with Crippen molar-refractivity contribution >= 4 is 0 Å². The molecule has 0 bridgehead atoms. The fourth-order valence-electron chi connectivity index (χ4n) is 1.68. The molecule has 0 nitrogen and oxygen atoms in total. The Hall–Kier alpha value is -0.780. The van der Waals surface area contributed by atoms with Gasteiger partial charge in [-0.05, 0) is 45.4 Å². The number of allylic oxidation sites excluding steroid dienone is 5. The predicted octanol–water partition coefficient (Wildman–Crippen LogP) is 4.89. The second-order valence-electron chi connectivity index (χ2n) is 4.47. The Labute approximate surface area is 89.4 Å². The fourth-order valence-corrected chi connectivity index (χ4v) is 1.68. The van der Waals surface area contributed by atoms with Crippen molar-refractivity contribution in [2.45, 2.75) is 47.0 Å². The Balaban J connectivity index is 4.22. The van der Waals surface area contributed by atoms with Crippen molar-refractivity contribution in [3.05, 3.63) is 36.5 Å². The summed E-state index contributed by atoms with van der Waals surface area (Å²) in [6.07, 6.45) is 12.2. The second kappa shape index (κ2) is 6.64. The average molecular weight is 192 g/mol. The Morgan fingerprint density at radius 3 is 2.43 bits per heavy atom. The summed E-state index contributed by atoms with van der Waals surface area (Å²) in [5, 5.41) is 0. The van der Waals surface area contributed by atoms with Crippen molar-refractivity contribution in [1.82, 2.24) is 0 Å². The molecule has 0 fully saturated rings. The van der Waals surface area contributed by atoms with Gasteiger partial charge in [0.2, 0.25) is 0 Å². The Morgan fingerprint density at radius 1 is 1.36 bits per heavy atom. The largest absolute Gasteiger partial charge is 0.103 e. The zero-order chi connectivity index (χ0) is 11.0. The summed E-state index contributed by atoms with van der Waals surface area (Å²) in [5.74, 6) is 0. The highest BCUT2D eigenvalue weighted by Gasteiger charge is 2.17. The summed E-state index contributed by atoms with van der Waals surface area (Å²) in [6.45, 7) is 12.5. The van der Waals surface area contributed by atoms with Crippen LogP contribution >= 0.6 is 0 Å². The Morgan fingerprint density at radius 2 is 2.00 bits per heavy atom. The number of hydrogen-bond donors (Lipinski definition) is 0. The molecule has 0 spiro atoms. The fraction of sp³-hybridized carbons (Fsp3) is 0.571. The molecule has 14 heavy (non-hydrogen) atoms. The first-order valence-corrected chi connectivity index (χ1v) is 5.42. The van der Waals surface area contributed by atoms with E-state index < -0.39 is 0 Å². The molecule has 0 radical (unpaired) electrons. The van der Waals surface area contributed by atoms with Crippen LogP contribution in [-0.4, -0.2) is 0 Å². The molecule has 80 valence electrons. The first-order chi connectivity index (χ1) is 6.54. The lowest BCUT2D eigenvalue weighted by molar-refractivity contribution is 0.400. The van der Waals surface area contributed by atoms with Crippen LogP contribution in [0.15, 0.2) is 36.5 Å². The summed E-state index contributed by atoms with van der Waals surface area (Å²) < 4.78 is 0. The second-order valence-corrected chi connectivity index (χ2v) is 4.47. The smallest absolute Gasteiger partial charge is 0.0109 e. The van der Waals surface area contributed by atoms with Crippen molar-refractivity contribution in [3.63, 3.8) is 0 Å². The van der Waals surface area contributed by atoms with E-state index in [0.717, 1.165) is 12.8 Å². The normalized spacial score (nSPS) is 15.1. The van der Waals surface area contributed by atoms with E-state index >= 15 is 0 Å². The minimum atomic E-state index is 0.294. The van der Waals surface area contributed by atoms with Gasteiger partial charge in [-0.15, -0.1) is 6.58 Å². The highest BCUT2D eigenvalue weighted by atomic mass is 14.2. The van der Waals surface area contributed by atoms with E-state index in [4.69, 9.17) is 0 Å². The monoisotopic (exact) mass is 192 g/mol. The molecule has 0 amide bonds. The molecule has 0 heterocycles. The maximum absolute atomic E-state index is 3.82. The average Bonchev–Trinajstić information content (AvgIpc) is 2.03. The van der Waals surface area contributed by atoms with Crippen LogP contribution in [0.2, 0.25) is 0 Å². The van der Waals surface area contributed by atoms with Gasteiger partial charge in [-0.1, -0.05) is 36.8 Å². The van der Waals surface area contributed by atoms with Crippen LogP contribution in [0.1, 0.15) is 47.0 Å². The van der Waals surface area contributed by atoms with Gasteiger partial charge in [0.05, 0.1) is 0 Å². The van der Waals surface area contributed by atoms with E-state index in [1.54, 1.807) is 0 Å². The Bertz CT molecular complexity index is 216. The summed E-state index contributed by atoms with van der Waals surface area (Å²) in [4.78, 5) is 0. The van der Waals surface area contributed by atoms with Crippen LogP contribution < -0.4 is 0 Å². The molecule has 0 aromatic rings. The van der Waals surface area contributed by atoms with E-state index in [0.29, 0.717) is 5.41 Å². The summed E-state index contributed by atoms with van der Waals surface area (Å²) in [6, 6.07) is 0. The van der Waals surface area contributed by atoms with Crippen LogP contribution in [0.3, 0.4) is 0 Å². The third kappa shape index (κ3) is 5.80. The van der Waals surface area contributed by atoms with E-state index in [1.807, 2.05) is 6.08 Å². The number of rotatable bonds is 6. The summed E-state index contributed by atoms with van der Waals surface area (Å²) in [7, 11) is 0. The van der Waals surface area contributed by atoms with E-state index in [-0.39, 0.29) is 0 Å². The van der Waals surface area contributed by atoms with Crippen molar-refractivity contribution < 1.29 is 0 Å². The van der Waals surface area contributed by atoms with Gasteiger partial charge < -0.3 is 0 Å². The predicted molar refractivity (Wildman–Crippen MR) is 66.4 cm³/mol. The zero-order valence-corrected chi connectivity index (χ0v) is 10.1. The van der Waals surface area contributed by atoms with Crippen LogP contribution in [-0.2, 0) is 0 Å². The number of hydrogen-bond acceptors (Lipinski definition) is 0. The quantitative estimate of drug-likeness (QED) is 0.525. The summed E-state index contributed by atoms with van der Waals surface area (Å²) >= 11 is 0. The Kier molecular flexibility index (Phi) is 6.27. The molecule has 0 aliphatic heterocycles. The molecule has 0 saturated carbocycles. The lowest BCUT2D eigenvalue weighted by Crippen LogP contribution is -2.11. The molecule has 0 N–H and O–H groups in total. The van der Waals surface area contributed by atoms with Gasteiger partial charge in [0.25, 0.3) is 0 Å². The minimum Gasteiger partial charge on any atom is -0.103 e. The van der Waals surface area contributed by atoms with Gasteiger partial charge in [0, 0.05) is 0 Å². The molecule has 1 atom stereocenters. The van der Waals surface area contributed by atoms with Gasteiger partial charge in [-0.2, -0.15) is 0 Å². The molecular weight excluding hydrogens is 168 g/mol. The standard InChI is InChI=1S/C14H24/c1-6-10-14(5,11-7-2)12-8-9-13(3)4/h6-7,9,11H,1,8,10,12H2,2-5H3/b11-7+. The molecule has 0 heteroatoms. The molecule has 0 aliphatic carbocycles. The molecule has 0 saturated heterocycles. The lowest BCUT2D eigenvalue weighted by Gasteiger charge is -2.23. The molecule has 0 rings (SSSR count). The van der Waals surface area contributed by atoms with Crippen molar-refractivity contribution in [3.8, 4) is 0 Å². The van der Waals surface area contributed by atoms with Gasteiger partial charge in [0.1, 0.15) is 0 Å². The zero-order valence-electron chi connectivity index (χ0n) is 10.1. The molecule has 1 unspecified atom stereocenters. The molecule has 0 aromatic heterocycles. The van der Waals surface area contributed by atoms with Crippen molar-refractivity contribution in [1.29, 1.82) is 0 Å². The molecule has 0 aromatic carbocycles. The first-order valence-electron chi connectivity index (χ1n) is 5.42. The SMILES string of the molecule is C=CCC(C)(/C=C/C)CCC=C(C)C. The van der Waals surface area contributed by atoms with Crippen LogP contribution in [0.5, 0.6) is 0 Å². The van der Waals surface area contributed by atoms with Crippen LogP contribution in [0.4, 0.5) is 0 Å². The van der Waals surface area contributed by atoms with Crippen LogP contribution in [0, 0.1) is 5.41 Å². The maximum atomic E-state index is 3.82. The van der Waals surface area contributed by atoms with E-state index in [9.17, 15) is 0 Å². The van der Waals surface area contributed by atoms with Crippen molar-refractivity contribution in [2.75, 3.05) is 0 Å². The van der Waals surface area contributed by atoms with Crippen LogP contribution in [0.25, 0.3) is 0 Å². The summed E-state index contributed by atoms with van der Waals surface area (Å²) in [5.41, 5.74) is 1.70. The van der Waals surface area contributed by atoms with E-state index in [2.05, 4.69) is 52.5 Å². The lowest BCUT2D eigenvalue weighted by atomic mass is 9.81. The molecular formula is C14H24.